The lowest BCUT2D eigenvalue weighted by Crippen LogP contribution is -1.97. The van der Waals surface area contributed by atoms with Crippen molar-refractivity contribution in [2.45, 2.75) is 25.3 Å². The Morgan fingerprint density at radius 3 is 3.07 bits per heavy atom. The predicted octanol–water partition coefficient (Wildman–Crippen LogP) is 3.03. The average molecular weight is 209 g/mol. The number of carbonyl (C=O) groups excluding carboxylic acids is 1. The van der Waals surface area contributed by atoms with Crippen molar-refractivity contribution in [3.8, 4) is 0 Å². The van der Waals surface area contributed by atoms with Crippen molar-refractivity contribution in [1.82, 2.24) is 4.98 Å². The molecule has 0 fully saturated rings. The summed E-state index contributed by atoms with van der Waals surface area (Å²) in [5, 5.41) is 0.850. The second kappa shape index (κ2) is 5.81. The van der Waals surface area contributed by atoms with Crippen molar-refractivity contribution < 1.29 is 4.79 Å². The number of hydrogen-bond acceptors (Lipinski definition) is 3. The van der Waals surface area contributed by atoms with Crippen LogP contribution in [0, 0.1) is 5.92 Å². The molecule has 0 aromatic carbocycles. The fourth-order valence-electron chi connectivity index (χ4n) is 0.953. The SMILES string of the molecule is CCC(C)CSc1ncccc1C=O. The third-order valence-corrected chi connectivity index (χ3v) is 3.48. The molecule has 1 rings (SSSR count). The number of aldehydes is 1. The lowest BCUT2D eigenvalue weighted by atomic mass is 10.2. The highest BCUT2D eigenvalue weighted by Crippen LogP contribution is 2.22. The minimum atomic E-state index is 0.668. The van der Waals surface area contributed by atoms with E-state index >= 15 is 0 Å². The van der Waals surface area contributed by atoms with E-state index in [-0.39, 0.29) is 0 Å². The van der Waals surface area contributed by atoms with Crippen LogP contribution in [0.25, 0.3) is 0 Å². The molecular weight excluding hydrogens is 194 g/mol. The fourth-order valence-corrected chi connectivity index (χ4v) is 2.05. The highest BCUT2D eigenvalue weighted by molar-refractivity contribution is 7.99. The number of hydrogen-bond donors (Lipinski definition) is 0. The number of thioether (sulfide) groups is 1. The third-order valence-electron chi connectivity index (χ3n) is 2.13. The molecule has 3 heteroatoms. The molecular formula is C11H15NOS. The largest absolute Gasteiger partial charge is 0.298 e. The van der Waals surface area contributed by atoms with Gasteiger partial charge >= 0.3 is 0 Å². The lowest BCUT2D eigenvalue weighted by molar-refractivity contribution is 0.112. The molecule has 2 nitrogen and oxygen atoms in total. The van der Waals surface area contributed by atoms with Crippen LogP contribution in [0.15, 0.2) is 23.4 Å². The van der Waals surface area contributed by atoms with Crippen LogP contribution in [0.4, 0.5) is 0 Å². The Morgan fingerprint density at radius 1 is 1.64 bits per heavy atom. The van der Waals surface area contributed by atoms with Gasteiger partial charge in [-0.2, -0.15) is 0 Å². The van der Waals surface area contributed by atoms with Gasteiger partial charge in [0, 0.05) is 17.5 Å². The van der Waals surface area contributed by atoms with Crippen LogP contribution < -0.4 is 0 Å². The molecule has 0 spiro atoms. The van der Waals surface area contributed by atoms with Crippen LogP contribution in [0.5, 0.6) is 0 Å². The van der Waals surface area contributed by atoms with Gasteiger partial charge in [0.15, 0.2) is 6.29 Å². The standard InChI is InChI=1S/C11H15NOS/c1-3-9(2)8-14-11-10(7-13)5-4-6-12-11/h4-7,9H,3,8H2,1-2H3. The first-order valence-corrected chi connectivity index (χ1v) is 5.79. The smallest absolute Gasteiger partial charge is 0.152 e. The third kappa shape index (κ3) is 3.14. The molecule has 0 aliphatic heterocycles. The maximum absolute atomic E-state index is 10.7. The molecule has 1 atom stereocenters. The average Bonchev–Trinajstić information content (AvgIpc) is 2.26. The molecule has 14 heavy (non-hydrogen) atoms. The summed E-state index contributed by atoms with van der Waals surface area (Å²) in [5.74, 6) is 1.69. The highest BCUT2D eigenvalue weighted by Gasteiger charge is 2.05. The molecule has 1 aromatic rings. The van der Waals surface area contributed by atoms with Crippen LogP contribution >= 0.6 is 11.8 Å². The van der Waals surface area contributed by atoms with E-state index in [0.717, 1.165) is 23.5 Å². The van der Waals surface area contributed by atoms with Crippen molar-refractivity contribution in [1.29, 1.82) is 0 Å². The zero-order chi connectivity index (χ0) is 10.4. The predicted molar refractivity (Wildman–Crippen MR) is 59.8 cm³/mol. The van der Waals surface area contributed by atoms with E-state index in [2.05, 4.69) is 18.8 Å². The lowest BCUT2D eigenvalue weighted by Gasteiger charge is -2.07. The van der Waals surface area contributed by atoms with Gasteiger partial charge in [0.05, 0.1) is 0 Å². The summed E-state index contributed by atoms with van der Waals surface area (Å²) in [5.41, 5.74) is 0.695. The Bertz CT molecular complexity index is 301. The quantitative estimate of drug-likeness (QED) is 0.551. The zero-order valence-corrected chi connectivity index (χ0v) is 9.38. The maximum Gasteiger partial charge on any atom is 0.152 e. The van der Waals surface area contributed by atoms with Crippen molar-refractivity contribution >= 4 is 18.0 Å². The highest BCUT2D eigenvalue weighted by atomic mass is 32.2. The topological polar surface area (TPSA) is 30.0 Å². The van der Waals surface area contributed by atoms with E-state index in [1.54, 1.807) is 30.1 Å². The number of nitrogens with zero attached hydrogens (tertiary/aromatic N) is 1. The van der Waals surface area contributed by atoms with E-state index in [1.165, 1.54) is 0 Å². The Hall–Kier alpha value is -0.830. The molecule has 0 saturated carbocycles. The summed E-state index contributed by atoms with van der Waals surface area (Å²) in [4.78, 5) is 14.9. The van der Waals surface area contributed by atoms with Crippen LogP contribution in [0.3, 0.4) is 0 Å². The molecule has 1 heterocycles. The van der Waals surface area contributed by atoms with Gasteiger partial charge < -0.3 is 0 Å². The normalized spacial score (nSPS) is 12.4. The zero-order valence-electron chi connectivity index (χ0n) is 8.56. The monoisotopic (exact) mass is 209 g/mol. The first-order valence-electron chi connectivity index (χ1n) is 4.81. The van der Waals surface area contributed by atoms with E-state index in [0.29, 0.717) is 11.5 Å². The summed E-state index contributed by atoms with van der Waals surface area (Å²) < 4.78 is 0. The Kier molecular flexibility index (Phi) is 4.66. The second-order valence-corrected chi connectivity index (χ2v) is 4.35. The van der Waals surface area contributed by atoms with Gasteiger partial charge in [-0.05, 0) is 18.1 Å². The minimum Gasteiger partial charge on any atom is -0.298 e. The number of pyridine rings is 1. The van der Waals surface area contributed by atoms with Gasteiger partial charge in [0.2, 0.25) is 0 Å². The fraction of sp³-hybridized carbons (Fsp3) is 0.455. The van der Waals surface area contributed by atoms with E-state index < -0.39 is 0 Å². The second-order valence-electron chi connectivity index (χ2n) is 3.34. The van der Waals surface area contributed by atoms with Crippen LogP contribution in [-0.4, -0.2) is 17.0 Å². The Labute approximate surface area is 89.1 Å². The van der Waals surface area contributed by atoms with Crippen LogP contribution in [0.1, 0.15) is 30.6 Å². The van der Waals surface area contributed by atoms with Gasteiger partial charge in [-0.15, -0.1) is 11.8 Å². The summed E-state index contributed by atoms with van der Waals surface area (Å²) in [6.07, 6.45) is 3.76. The molecule has 0 N–H and O–H groups in total. The first kappa shape index (κ1) is 11.2. The van der Waals surface area contributed by atoms with E-state index in [4.69, 9.17) is 0 Å². The first-order chi connectivity index (χ1) is 6.77. The molecule has 0 bridgehead atoms. The number of rotatable bonds is 5. The maximum atomic E-state index is 10.7. The molecule has 0 amide bonds. The van der Waals surface area contributed by atoms with Crippen molar-refractivity contribution in [3.05, 3.63) is 23.9 Å². The van der Waals surface area contributed by atoms with E-state index in [1.807, 2.05) is 0 Å². The Morgan fingerprint density at radius 2 is 2.43 bits per heavy atom. The van der Waals surface area contributed by atoms with Crippen molar-refractivity contribution in [2.24, 2.45) is 5.92 Å². The van der Waals surface area contributed by atoms with Crippen LogP contribution in [0.2, 0.25) is 0 Å². The minimum absolute atomic E-state index is 0.668. The van der Waals surface area contributed by atoms with Gasteiger partial charge in [0.1, 0.15) is 5.03 Å². The summed E-state index contributed by atoms with van der Waals surface area (Å²) >= 11 is 1.66. The van der Waals surface area contributed by atoms with Gasteiger partial charge in [-0.3, -0.25) is 4.79 Å². The molecule has 1 unspecified atom stereocenters. The number of aromatic nitrogens is 1. The Balaban J connectivity index is 2.61. The van der Waals surface area contributed by atoms with Crippen molar-refractivity contribution in [2.75, 3.05) is 5.75 Å². The molecule has 1 aromatic heterocycles. The number of carbonyl (C=O) groups is 1. The molecule has 0 aliphatic rings. The van der Waals surface area contributed by atoms with Gasteiger partial charge in [-0.1, -0.05) is 20.3 Å². The van der Waals surface area contributed by atoms with E-state index in [9.17, 15) is 4.79 Å². The summed E-state index contributed by atoms with van der Waals surface area (Å²) in [6, 6.07) is 3.59. The van der Waals surface area contributed by atoms with Crippen LogP contribution in [-0.2, 0) is 0 Å². The summed E-state index contributed by atoms with van der Waals surface area (Å²) in [7, 11) is 0. The van der Waals surface area contributed by atoms with Crippen molar-refractivity contribution in [3.63, 3.8) is 0 Å². The van der Waals surface area contributed by atoms with Gasteiger partial charge in [-0.25, -0.2) is 4.98 Å². The summed E-state index contributed by atoms with van der Waals surface area (Å²) in [6.45, 7) is 4.38. The molecule has 76 valence electrons. The molecule has 0 aliphatic carbocycles. The van der Waals surface area contributed by atoms with Gasteiger partial charge in [0.25, 0.3) is 0 Å². The molecule has 0 saturated heterocycles. The molecule has 0 radical (unpaired) electrons.